The molecule has 9 heteroatoms. The van der Waals surface area contributed by atoms with Crippen LogP contribution >= 0.6 is 11.3 Å². The van der Waals surface area contributed by atoms with Gasteiger partial charge in [0.15, 0.2) is 14.6 Å². The molecule has 0 aliphatic carbocycles. The van der Waals surface area contributed by atoms with E-state index in [0.717, 1.165) is 5.52 Å². The molecule has 0 saturated heterocycles. The minimum Gasteiger partial charge on any atom is -0.380 e. The smallest absolute Gasteiger partial charge is 0.279 e. The van der Waals surface area contributed by atoms with Crippen molar-refractivity contribution in [3.63, 3.8) is 0 Å². The van der Waals surface area contributed by atoms with Crippen LogP contribution in [0, 0.1) is 5.82 Å². The molecule has 0 N–H and O–H groups in total. The summed E-state index contributed by atoms with van der Waals surface area (Å²) >= 11 is 1.21. The minimum atomic E-state index is -3.41. The molecule has 0 spiro atoms. The van der Waals surface area contributed by atoms with Gasteiger partial charge in [-0.25, -0.2) is 12.8 Å². The molecule has 1 aromatic heterocycles. The Morgan fingerprint density at radius 1 is 1.20 bits per heavy atom. The first-order valence-electron chi connectivity index (χ1n) is 9.53. The molecular weight excluding hydrogens is 427 g/mol. The summed E-state index contributed by atoms with van der Waals surface area (Å²) in [5.41, 5.74) is 1.05. The number of ether oxygens (including phenoxy) is 1. The fourth-order valence-corrected chi connectivity index (χ4v) is 5.00. The molecule has 3 rings (SSSR count). The second-order valence-electron chi connectivity index (χ2n) is 6.88. The van der Waals surface area contributed by atoms with Crippen LogP contribution in [0.4, 0.5) is 4.39 Å². The van der Waals surface area contributed by atoms with Gasteiger partial charge in [-0.2, -0.15) is 4.99 Å². The second-order valence-corrected chi connectivity index (χ2v) is 10.4. The van der Waals surface area contributed by atoms with Gasteiger partial charge in [-0.05, 0) is 63.2 Å². The van der Waals surface area contributed by atoms with E-state index in [4.69, 9.17) is 4.74 Å². The molecule has 1 amide bonds. The van der Waals surface area contributed by atoms with Gasteiger partial charge in [-0.15, -0.1) is 0 Å². The van der Waals surface area contributed by atoms with E-state index < -0.39 is 21.0 Å². The Morgan fingerprint density at radius 3 is 2.53 bits per heavy atom. The molecule has 0 saturated carbocycles. The van der Waals surface area contributed by atoms with Crippen molar-refractivity contribution in [1.29, 1.82) is 0 Å². The first kappa shape index (κ1) is 22.3. The zero-order chi connectivity index (χ0) is 21.9. The van der Waals surface area contributed by atoms with Crippen LogP contribution in [0.5, 0.6) is 0 Å². The Hall–Kier alpha value is -2.36. The van der Waals surface area contributed by atoms with E-state index in [-0.39, 0.29) is 16.3 Å². The number of aromatic nitrogens is 1. The third kappa shape index (κ3) is 4.69. The lowest BCUT2D eigenvalue weighted by Crippen LogP contribution is -2.19. The third-order valence-corrected chi connectivity index (χ3v) is 7.77. The van der Waals surface area contributed by atoms with Crippen molar-refractivity contribution in [2.75, 3.05) is 13.2 Å². The Morgan fingerprint density at radius 2 is 1.90 bits per heavy atom. The highest BCUT2D eigenvalue weighted by molar-refractivity contribution is 7.92. The largest absolute Gasteiger partial charge is 0.380 e. The maximum Gasteiger partial charge on any atom is 0.279 e. The number of amides is 1. The van der Waals surface area contributed by atoms with E-state index in [2.05, 4.69) is 4.99 Å². The Bertz CT molecular complexity index is 1230. The van der Waals surface area contributed by atoms with Crippen molar-refractivity contribution < 1.29 is 22.3 Å². The summed E-state index contributed by atoms with van der Waals surface area (Å²) in [6.07, 6.45) is 0. The Balaban J connectivity index is 1.99. The summed E-state index contributed by atoms with van der Waals surface area (Å²) in [7, 11) is -3.41. The van der Waals surface area contributed by atoms with E-state index in [1.54, 1.807) is 19.9 Å². The molecule has 160 valence electrons. The molecule has 0 radical (unpaired) electrons. The molecule has 3 aromatic rings. The molecule has 30 heavy (non-hydrogen) atoms. The lowest BCUT2D eigenvalue weighted by molar-refractivity contribution is 0.0996. The van der Waals surface area contributed by atoms with Crippen molar-refractivity contribution >= 4 is 37.3 Å². The fourth-order valence-electron chi connectivity index (χ4n) is 2.86. The van der Waals surface area contributed by atoms with Crippen molar-refractivity contribution in [2.24, 2.45) is 4.99 Å². The fraction of sp³-hybridized carbons (Fsp3) is 0.333. The molecule has 0 aliphatic rings. The van der Waals surface area contributed by atoms with Gasteiger partial charge in [0.1, 0.15) is 5.82 Å². The molecule has 0 fully saturated rings. The van der Waals surface area contributed by atoms with Crippen molar-refractivity contribution in [1.82, 2.24) is 4.57 Å². The van der Waals surface area contributed by atoms with E-state index >= 15 is 0 Å². The number of benzene rings is 2. The number of halogens is 1. The van der Waals surface area contributed by atoms with Crippen LogP contribution in [0.2, 0.25) is 0 Å². The van der Waals surface area contributed by atoms with E-state index in [1.165, 1.54) is 47.7 Å². The van der Waals surface area contributed by atoms with Gasteiger partial charge in [0.2, 0.25) is 0 Å². The zero-order valence-corrected chi connectivity index (χ0v) is 18.6. The van der Waals surface area contributed by atoms with E-state index in [1.807, 2.05) is 11.5 Å². The lowest BCUT2D eigenvalue weighted by atomic mass is 10.2. The summed E-state index contributed by atoms with van der Waals surface area (Å²) < 4.78 is 46.0. The van der Waals surface area contributed by atoms with Crippen LogP contribution in [0.25, 0.3) is 10.2 Å². The first-order valence-corrected chi connectivity index (χ1v) is 11.9. The van der Waals surface area contributed by atoms with Crippen LogP contribution in [0.1, 0.15) is 31.1 Å². The van der Waals surface area contributed by atoms with Gasteiger partial charge in [-0.1, -0.05) is 11.3 Å². The normalized spacial score (nSPS) is 12.8. The van der Waals surface area contributed by atoms with Gasteiger partial charge in [0.25, 0.3) is 5.91 Å². The maximum absolute atomic E-state index is 13.6. The summed E-state index contributed by atoms with van der Waals surface area (Å²) in [6, 6.07) is 10.2. The van der Waals surface area contributed by atoms with Crippen molar-refractivity contribution in [3.05, 3.63) is 58.6 Å². The molecule has 2 aromatic carbocycles. The van der Waals surface area contributed by atoms with E-state index in [0.29, 0.717) is 29.3 Å². The molecular formula is C21H23FN2O4S2. The number of thiazole rings is 1. The first-order chi connectivity index (χ1) is 14.2. The molecule has 6 nitrogen and oxygen atoms in total. The number of sulfone groups is 1. The summed E-state index contributed by atoms with van der Waals surface area (Å²) in [5.74, 6) is -0.860. The van der Waals surface area contributed by atoms with Gasteiger partial charge in [-0.3, -0.25) is 4.79 Å². The van der Waals surface area contributed by atoms with Crippen LogP contribution in [-0.2, 0) is 21.1 Å². The number of hydrogen-bond acceptors (Lipinski definition) is 5. The van der Waals surface area contributed by atoms with Gasteiger partial charge >= 0.3 is 0 Å². The summed E-state index contributed by atoms with van der Waals surface area (Å²) in [5, 5.41) is -0.549. The predicted molar refractivity (Wildman–Crippen MR) is 115 cm³/mol. The highest BCUT2D eigenvalue weighted by atomic mass is 32.2. The van der Waals surface area contributed by atoms with Gasteiger partial charge in [0, 0.05) is 18.7 Å². The highest BCUT2D eigenvalue weighted by Gasteiger charge is 2.19. The van der Waals surface area contributed by atoms with Crippen LogP contribution < -0.4 is 4.80 Å². The molecule has 0 atom stereocenters. The molecule has 0 bridgehead atoms. The number of carbonyl (C=O) groups is 1. The Labute approximate surface area is 178 Å². The number of rotatable bonds is 7. The molecule has 0 aliphatic heterocycles. The van der Waals surface area contributed by atoms with Gasteiger partial charge < -0.3 is 9.30 Å². The quantitative estimate of drug-likeness (QED) is 0.513. The SMILES string of the molecule is CCOCCn1c(=NC(=O)c2ccc(S(=O)(=O)C(C)C)cc2)sc2cc(F)ccc21. The number of fused-ring (bicyclic) bond motifs is 1. The standard InChI is InChI=1S/C21H23FN2O4S2/c1-4-28-12-11-24-18-10-7-16(22)13-19(18)29-21(24)23-20(25)15-5-8-17(9-6-15)30(26,27)14(2)3/h5-10,13-14H,4,11-12H2,1-3H3. The third-order valence-electron chi connectivity index (χ3n) is 4.56. The van der Waals surface area contributed by atoms with Crippen LogP contribution in [0.15, 0.2) is 52.4 Å². The van der Waals surface area contributed by atoms with Crippen molar-refractivity contribution in [3.8, 4) is 0 Å². The maximum atomic E-state index is 13.6. The average molecular weight is 451 g/mol. The number of nitrogens with zero attached hydrogens (tertiary/aromatic N) is 2. The minimum absolute atomic E-state index is 0.165. The average Bonchev–Trinajstić information content (AvgIpc) is 3.04. The number of hydrogen-bond donors (Lipinski definition) is 0. The zero-order valence-electron chi connectivity index (χ0n) is 17.0. The predicted octanol–water partition coefficient (Wildman–Crippen LogP) is 3.80. The van der Waals surface area contributed by atoms with E-state index in [9.17, 15) is 17.6 Å². The van der Waals surface area contributed by atoms with Crippen molar-refractivity contribution in [2.45, 2.75) is 37.5 Å². The second kappa shape index (κ2) is 9.20. The topological polar surface area (TPSA) is 77.7 Å². The summed E-state index contributed by atoms with van der Waals surface area (Å²) in [6.45, 7) is 6.57. The molecule has 1 heterocycles. The lowest BCUT2D eigenvalue weighted by Gasteiger charge is -2.07. The van der Waals surface area contributed by atoms with Gasteiger partial charge in [0.05, 0.1) is 27.0 Å². The van der Waals surface area contributed by atoms with Crippen LogP contribution in [-0.4, -0.2) is 37.4 Å². The highest BCUT2D eigenvalue weighted by Crippen LogP contribution is 2.20. The summed E-state index contributed by atoms with van der Waals surface area (Å²) in [4.78, 5) is 17.5. The number of carbonyl (C=O) groups excluding carboxylic acids is 1. The Kier molecular flexibility index (Phi) is 6.84. The monoisotopic (exact) mass is 450 g/mol. The van der Waals surface area contributed by atoms with Crippen LogP contribution in [0.3, 0.4) is 0 Å². The molecule has 0 unspecified atom stereocenters.